The second kappa shape index (κ2) is 15.5. The van der Waals surface area contributed by atoms with Gasteiger partial charge in [0.1, 0.15) is 18.6 Å². The molecule has 1 aliphatic rings. The van der Waals surface area contributed by atoms with E-state index >= 15 is 0 Å². The zero-order valence-corrected chi connectivity index (χ0v) is 24.6. The number of amides is 1. The molecule has 1 N–H and O–H groups in total. The first-order valence-corrected chi connectivity index (χ1v) is 13.8. The minimum atomic E-state index is -1.46. The number of methoxy groups -OCH3 is 1. The Labute approximate surface area is 249 Å². The molecule has 12 heteroatoms. The van der Waals surface area contributed by atoms with Crippen LogP contribution >= 0.6 is 0 Å². The maximum atomic E-state index is 13.4. The molecule has 1 amide bonds. The zero-order valence-electron chi connectivity index (χ0n) is 24.6. The quantitative estimate of drug-likeness (QED) is 0.231. The van der Waals surface area contributed by atoms with Crippen molar-refractivity contribution in [3.8, 4) is 11.5 Å². The van der Waals surface area contributed by atoms with Gasteiger partial charge in [0.15, 0.2) is 23.6 Å². The van der Waals surface area contributed by atoms with Crippen LogP contribution in [0.3, 0.4) is 0 Å². The Kier molecular flexibility index (Phi) is 11.8. The third-order valence-corrected chi connectivity index (χ3v) is 6.54. The molecule has 1 aromatic heterocycles. The summed E-state index contributed by atoms with van der Waals surface area (Å²) in [5, 5.41) is 2.44. The fraction of sp³-hybridized carbons (Fsp3) is 0.419. The number of hydrogen-bond acceptors (Lipinski definition) is 11. The number of hydrogen-bond donors (Lipinski definition) is 1. The molecule has 1 fully saturated rings. The van der Waals surface area contributed by atoms with E-state index in [-0.39, 0.29) is 30.0 Å². The number of benzene rings is 1. The molecule has 2 heterocycles. The van der Waals surface area contributed by atoms with Crippen molar-refractivity contribution in [3.63, 3.8) is 0 Å². The lowest BCUT2D eigenvalue weighted by atomic mass is 9.91. The number of carbonyl (C=O) groups is 5. The molecule has 230 valence electrons. The van der Waals surface area contributed by atoms with Crippen LogP contribution in [0.15, 0.2) is 55.3 Å². The summed E-state index contributed by atoms with van der Waals surface area (Å²) >= 11 is 0. The number of allylic oxidation sites excluding steroid dienone is 1. The van der Waals surface area contributed by atoms with Crippen molar-refractivity contribution in [1.29, 1.82) is 0 Å². The van der Waals surface area contributed by atoms with Gasteiger partial charge in [0, 0.05) is 18.7 Å². The van der Waals surface area contributed by atoms with Gasteiger partial charge < -0.3 is 29.0 Å². The van der Waals surface area contributed by atoms with Crippen LogP contribution in [0.4, 0.5) is 0 Å². The second-order valence-electron chi connectivity index (χ2n) is 10.1. The van der Waals surface area contributed by atoms with Crippen LogP contribution in [-0.4, -0.2) is 66.7 Å². The highest BCUT2D eigenvalue weighted by Crippen LogP contribution is 2.30. The van der Waals surface area contributed by atoms with Crippen molar-refractivity contribution < 1.29 is 47.7 Å². The third kappa shape index (κ3) is 8.87. The number of carbonyl (C=O) groups excluding carboxylic acids is 5. The molecule has 3 rings (SSSR count). The van der Waals surface area contributed by atoms with Crippen LogP contribution in [-0.2, 0) is 39.8 Å². The van der Waals surface area contributed by atoms with Crippen LogP contribution in [0.2, 0.25) is 0 Å². The minimum Gasteiger partial charge on any atom is -0.493 e. The van der Waals surface area contributed by atoms with Crippen LogP contribution in [0.25, 0.3) is 0 Å². The number of rotatable bonds is 11. The maximum absolute atomic E-state index is 13.4. The lowest BCUT2D eigenvalue weighted by molar-refractivity contribution is -0.176. The van der Waals surface area contributed by atoms with Gasteiger partial charge in [-0.05, 0) is 25.3 Å². The van der Waals surface area contributed by atoms with E-state index in [1.807, 2.05) is 18.2 Å². The van der Waals surface area contributed by atoms with Crippen LogP contribution in [0.5, 0.6) is 11.5 Å². The van der Waals surface area contributed by atoms with Gasteiger partial charge in [-0.25, -0.2) is 9.78 Å². The van der Waals surface area contributed by atoms with E-state index in [1.165, 1.54) is 26.3 Å². The predicted molar refractivity (Wildman–Crippen MR) is 152 cm³/mol. The Morgan fingerprint density at radius 1 is 1.14 bits per heavy atom. The highest BCUT2D eigenvalue weighted by Gasteiger charge is 2.42. The van der Waals surface area contributed by atoms with E-state index in [9.17, 15) is 24.0 Å². The largest absolute Gasteiger partial charge is 0.493 e. The Morgan fingerprint density at radius 3 is 2.51 bits per heavy atom. The smallest absolute Gasteiger partial charge is 0.332 e. The molecular weight excluding hydrogens is 560 g/mol. The molecule has 0 saturated carbocycles. The van der Waals surface area contributed by atoms with Crippen molar-refractivity contribution in [2.75, 3.05) is 13.7 Å². The van der Waals surface area contributed by atoms with Gasteiger partial charge in [-0.1, -0.05) is 50.3 Å². The topological polar surface area (TPSA) is 156 Å². The number of aromatic nitrogens is 1. The van der Waals surface area contributed by atoms with Gasteiger partial charge in [0.2, 0.25) is 5.75 Å². The van der Waals surface area contributed by atoms with E-state index in [4.69, 9.17) is 23.7 Å². The first kappa shape index (κ1) is 32.8. The Bertz CT molecular complexity index is 1330. The summed E-state index contributed by atoms with van der Waals surface area (Å²) in [5.41, 5.74) is 0.431. The molecule has 0 aliphatic carbocycles. The van der Waals surface area contributed by atoms with Crippen molar-refractivity contribution >= 4 is 29.8 Å². The molecule has 43 heavy (non-hydrogen) atoms. The van der Waals surface area contributed by atoms with E-state index in [2.05, 4.69) is 16.9 Å². The number of cyclic esters (lactones) is 2. The van der Waals surface area contributed by atoms with Crippen LogP contribution < -0.4 is 14.8 Å². The van der Waals surface area contributed by atoms with Gasteiger partial charge >= 0.3 is 23.9 Å². The molecule has 0 spiro atoms. The van der Waals surface area contributed by atoms with Crippen molar-refractivity contribution in [3.05, 3.63) is 66.5 Å². The van der Waals surface area contributed by atoms with Gasteiger partial charge in [0.25, 0.3) is 5.91 Å². The van der Waals surface area contributed by atoms with Crippen LogP contribution in [0.1, 0.15) is 49.7 Å². The summed E-state index contributed by atoms with van der Waals surface area (Å²) in [6.07, 6.45) is 1.05. The molecule has 1 aliphatic heterocycles. The molecular formula is C31H36N2O10. The number of nitrogens with zero attached hydrogens (tertiary/aromatic N) is 1. The molecule has 1 aromatic carbocycles. The summed E-state index contributed by atoms with van der Waals surface area (Å²) in [6, 6.07) is 8.98. The number of esters is 4. The van der Waals surface area contributed by atoms with Crippen molar-refractivity contribution in [2.24, 2.45) is 11.8 Å². The Morgan fingerprint density at radius 2 is 1.86 bits per heavy atom. The minimum absolute atomic E-state index is 0.00189. The predicted octanol–water partition coefficient (Wildman–Crippen LogP) is 2.98. The van der Waals surface area contributed by atoms with E-state index in [0.717, 1.165) is 5.56 Å². The van der Waals surface area contributed by atoms with Gasteiger partial charge in [-0.15, -0.1) is 6.58 Å². The first-order chi connectivity index (χ1) is 20.5. The van der Waals surface area contributed by atoms with Gasteiger partial charge in [-0.3, -0.25) is 19.2 Å². The normalized spacial score (nSPS) is 20.4. The average molecular weight is 597 g/mol. The number of nitrogens with one attached hydrogen (secondary N) is 1. The van der Waals surface area contributed by atoms with Crippen molar-refractivity contribution in [1.82, 2.24) is 10.3 Å². The molecule has 4 unspecified atom stereocenters. The van der Waals surface area contributed by atoms with Gasteiger partial charge in [0.05, 0.1) is 13.0 Å². The zero-order chi connectivity index (χ0) is 31.5. The van der Waals surface area contributed by atoms with E-state index < -0.39 is 66.5 Å². The lowest BCUT2D eigenvalue weighted by Crippen LogP contribution is -2.47. The standard InChI is InChI=1S/C31H36N2O10/c1-6-7-13-24(34)42-27-23(39-5)14-15-32-25(27)28(35)33-22-17-40-30(37)21(16-20-11-9-8-10-12-20)26(19(4)41-31(22)38)43-29(36)18(2)3/h6,8-12,14-15,18-19,21-22,26H,1,7,13,16-17H2,2-5H3,(H,33,35). The fourth-order valence-corrected chi connectivity index (χ4v) is 4.21. The summed E-state index contributed by atoms with van der Waals surface area (Å²) in [7, 11) is 1.32. The fourth-order valence-electron chi connectivity index (χ4n) is 4.21. The molecule has 2 aromatic rings. The monoisotopic (exact) mass is 596 g/mol. The number of pyridine rings is 1. The number of ether oxygens (including phenoxy) is 5. The molecule has 12 nitrogen and oxygen atoms in total. The van der Waals surface area contributed by atoms with E-state index in [0.29, 0.717) is 6.42 Å². The summed E-state index contributed by atoms with van der Waals surface area (Å²) in [5.74, 6) is -5.55. The summed E-state index contributed by atoms with van der Waals surface area (Å²) in [4.78, 5) is 68.9. The summed E-state index contributed by atoms with van der Waals surface area (Å²) < 4.78 is 27.4. The van der Waals surface area contributed by atoms with Crippen LogP contribution in [0, 0.1) is 11.8 Å². The highest BCUT2D eigenvalue weighted by atomic mass is 16.6. The summed E-state index contributed by atoms with van der Waals surface area (Å²) in [6.45, 7) is 7.76. The molecule has 0 radical (unpaired) electrons. The van der Waals surface area contributed by atoms with E-state index in [1.54, 1.807) is 32.1 Å². The second-order valence-corrected chi connectivity index (χ2v) is 10.1. The SMILES string of the molecule is C=CCCC(=O)Oc1c(OC)ccnc1C(=O)NC1COC(=O)C(Cc2ccccc2)C(OC(=O)C(C)C)C(C)OC1=O. The van der Waals surface area contributed by atoms with Gasteiger partial charge in [-0.2, -0.15) is 0 Å². The Hall–Kier alpha value is -4.74. The maximum Gasteiger partial charge on any atom is 0.332 e. The Balaban J connectivity index is 1.88. The molecule has 1 saturated heterocycles. The molecule has 4 atom stereocenters. The highest BCUT2D eigenvalue weighted by molar-refractivity contribution is 5.99. The molecule has 0 bridgehead atoms. The average Bonchev–Trinajstić information content (AvgIpc) is 3.02. The lowest BCUT2D eigenvalue weighted by Gasteiger charge is -2.29. The third-order valence-electron chi connectivity index (χ3n) is 6.54. The first-order valence-electron chi connectivity index (χ1n) is 13.8. The van der Waals surface area contributed by atoms with Crippen molar-refractivity contribution in [2.45, 2.75) is 58.3 Å².